The summed E-state index contributed by atoms with van der Waals surface area (Å²) in [7, 11) is 0. The third-order valence-corrected chi connectivity index (χ3v) is 7.04. The van der Waals surface area contributed by atoms with E-state index >= 15 is 0 Å². The zero-order valence-electron chi connectivity index (χ0n) is 16.8. The van der Waals surface area contributed by atoms with Gasteiger partial charge in [-0.15, -0.1) is 11.8 Å². The number of amides is 1. The first-order chi connectivity index (χ1) is 14.3. The number of rotatable bonds is 3. The van der Waals surface area contributed by atoms with Crippen LogP contribution in [0.1, 0.15) is 48.5 Å². The summed E-state index contributed by atoms with van der Waals surface area (Å²) in [6, 6.07) is 17.2. The SMILES string of the molecule is CSc1ccc([C@H]2c3[nH]c4ccccc4c3CCN2C(=O)C2=CCCCC2)cc1. The number of fused-ring (bicyclic) bond motifs is 3. The highest BCUT2D eigenvalue weighted by molar-refractivity contribution is 7.98. The molecule has 1 aliphatic carbocycles. The Bertz CT molecular complexity index is 1080. The lowest BCUT2D eigenvalue weighted by atomic mass is 9.90. The van der Waals surface area contributed by atoms with Gasteiger partial charge in [0.2, 0.25) is 5.91 Å². The Morgan fingerprint density at radius 1 is 1.07 bits per heavy atom. The van der Waals surface area contributed by atoms with Crippen molar-refractivity contribution < 1.29 is 4.79 Å². The van der Waals surface area contributed by atoms with Crippen LogP contribution in [-0.4, -0.2) is 28.6 Å². The maximum Gasteiger partial charge on any atom is 0.250 e. The second-order valence-corrected chi connectivity index (χ2v) is 8.84. The van der Waals surface area contributed by atoms with Crippen molar-refractivity contribution in [1.29, 1.82) is 0 Å². The van der Waals surface area contributed by atoms with E-state index in [1.54, 1.807) is 11.8 Å². The highest BCUT2D eigenvalue weighted by Gasteiger charge is 2.35. The highest BCUT2D eigenvalue weighted by Crippen LogP contribution is 2.40. The van der Waals surface area contributed by atoms with Crippen molar-refractivity contribution in [2.75, 3.05) is 12.8 Å². The minimum absolute atomic E-state index is 0.0580. The van der Waals surface area contributed by atoms with Crippen LogP contribution in [0.3, 0.4) is 0 Å². The molecule has 148 valence electrons. The van der Waals surface area contributed by atoms with E-state index in [0.29, 0.717) is 0 Å². The van der Waals surface area contributed by atoms with E-state index in [0.717, 1.165) is 43.3 Å². The summed E-state index contributed by atoms with van der Waals surface area (Å²) in [5, 5.41) is 1.29. The van der Waals surface area contributed by atoms with Gasteiger partial charge in [0.25, 0.3) is 0 Å². The monoisotopic (exact) mass is 402 g/mol. The van der Waals surface area contributed by atoms with E-state index in [2.05, 4.69) is 70.7 Å². The molecule has 1 atom stereocenters. The summed E-state index contributed by atoms with van der Waals surface area (Å²) < 4.78 is 0. The van der Waals surface area contributed by atoms with Crippen LogP contribution in [-0.2, 0) is 11.2 Å². The Morgan fingerprint density at radius 2 is 1.90 bits per heavy atom. The molecule has 5 rings (SSSR count). The van der Waals surface area contributed by atoms with Crippen LogP contribution < -0.4 is 0 Å². The molecule has 0 fully saturated rings. The second kappa shape index (κ2) is 7.75. The Kier molecular flexibility index (Phi) is 4.96. The number of aromatic amines is 1. The number of hydrogen-bond acceptors (Lipinski definition) is 2. The molecule has 2 aromatic carbocycles. The Hall–Kier alpha value is -2.46. The fraction of sp³-hybridized carbons (Fsp3) is 0.320. The van der Waals surface area contributed by atoms with Gasteiger partial charge in [-0.3, -0.25) is 4.79 Å². The van der Waals surface area contributed by atoms with Crippen LogP contribution in [0.4, 0.5) is 0 Å². The molecule has 1 aliphatic heterocycles. The first kappa shape index (κ1) is 18.6. The standard InChI is InChI=1S/C25H26N2OS/c1-29-19-13-11-17(12-14-19)24-23-21(20-9-5-6-10-22(20)26-23)15-16-27(24)25(28)18-7-3-2-4-8-18/h5-7,9-14,24,26H,2-4,8,15-16H2,1H3/t24-/m0/s1. The van der Waals surface area contributed by atoms with Gasteiger partial charge in [0, 0.05) is 33.6 Å². The molecule has 2 heterocycles. The van der Waals surface area contributed by atoms with Crippen molar-refractivity contribution in [3.8, 4) is 0 Å². The molecule has 3 nitrogen and oxygen atoms in total. The molecule has 0 unspecified atom stereocenters. The molecular formula is C25H26N2OS. The molecular weight excluding hydrogens is 376 g/mol. The van der Waals surface area contributed by atoms with Crippen LogP contribution >= 0.6 is 11.8 Å². The quantitative estimate of drug-likeness (QED) is 0.557. The smallest absolute Gasteiger partial charge is 0.250 e. The van der Waals surface area contributed by atoms with Gasteiger partial charge in [0.1, 0.15) is 0 Å². The van der Waals surface area contributed by atoms with Gasteiger partial charge in [0.05, 0.1) is 6.04 Å². The summed E-state index contributed by atoms with van der Waals surface area (Å²) in [6.45, 7) is 0.764. The Labute approximate surface area is 176 Å². The van der Waals surface area contributed by atoms with E-state index in [1.165, 1.54) is 33.5 Å². The summed E-state index contributed by atoms with van der Waals surface area (Å²) >= 11 is 1.75. The van der Waals surface area contributed by atoms with Gasteiger partial charge in [-0.2, -0.15) is 0 Å². The number of benzene rings is 2. The summed E-state index contributed by atoms with van der Waals surface area (Å²) in [4.78, 5) is 20.5. The number of nitrogens with zero attached hydrogens (tertiary/aromatic N) is 1. The van der Waals surface area contributed by atoms with E-state index < -0.39 is 0 Å². The minimum Gasteiger partial charge on any atom is -0.356 e. The van der Waals surface area contributed by atoms with E-state index in [1.807, 2.05) is 0 Å². The summed E-state index contributed by atoms with van der Waals surface area (Å²) in [6.07, 6.45) is 9.42. The number of allylic oxidation sites excluding steroid dienone is 1. The summed E-state index contributed by atoms with van der Waals surface area (Å²) in [5.74, 6) is 0.216. The Morgan fingerprint density at radius 3 is 2.66 bits per heavy atom. The molecule has 0 spiro atoms. The molecule has 3 aromatic rings. The molecule has 1 N–H and O–H groups in total. The number of H-pyrrole nitrogens is 1. The zero-order chi connectivity index (χ0) is 19.8. The van der Waals surface area contributed by atoms with Gasteiger partial charge in [-0.25, -0.2) is 0 Å². The van der Waals surface area contributed by atoms with Crippen LogP contribution in [0, 0.1) is 0 Å². The van der Waals surface area contributed by atoms with Crippen LogP contribution in [0.15, 0.2) is 65.1 Å². The van der Waals surface area contributed by atoms with Gasteiger partial charge in [-0.1, -0.05) is 36.4 Å². The number of para-hydroxylation sites is 1. The fourth-order valence-corrected chi connectivity index (χ4v) is 5.22. The number of hydrogen-bond donors (Lipinski definition) is 1. The van der Waals surface area contributed by atoms with Gasteiger partial charge >= 0.3 is 0 Å². The molecule has 0 bridgehead atoms. The van der Waals surface area contributed by atoms with Crippen molar-refractivity contribution >= 4 is 28.6 Å². The predicted octanol–water partition coefficient (Wildman–Crippen LogP) is 5.86. The highest BCUT2D eigenvalue weighted by atomic mass is 32.2. The van der Waals surface area contributed by atoms with E-state index in [4.69, 9.17) is 0 Å². The van der Waals surface area contributed by atoms with Crippen molar-refractivity contribution in [2.24, 2.45) is 0 Å². The van der Waals surface area contributed by atoms with Crippen molar-refractivity contribution in [1.82, 2.24) is 9.88 Å². The Balaban J connectivity index is 1.62. The molecule has 0 saturated carbocycles. The molecule has 0 radical (unpaired) electrons. The van der Waals surface area contributed by atoms with E-state index in [-0.39, 0.29) is 11.9 Å². The van der Waals surface area contributed by atoms with Crippen molar-refractivity contribution in [3.05, 3.63) is 77.0 Å². The van der Waals surface area contributed by atoms with Crippen LogP contribution in [0.25, 0.3) is 10.9 Å². The average Bonchev–Trinajstić information content (AvgIpc) is 3.17. The molecule has 1 amide bonds. The molecule has 4 heteroatoms. The van der Waals surface area contributed by atoms with Gasteiger partial charge < -0.3 is 9.88 Å². The number of carbonyl (C=O) groups excluding carboxylic acids is 1. The number of carbonyl (C=O) groups is 1. The average molecular weight is 403 g/mol. The second-order valence-electron chi connectivity index (χ2n) is 7.96. The first-order valence-electron chi connectivity index (χ1n) is 10.5. The lowest BCUT2D eigenvalue weighted by Gasteiger charge is -2.37. The molecule has 1 aromatic heterocycles. The fourth-order valence-electron chi connectivity index (χ4n) is 4.81. The van der Waals surface area contributed by atoms with E-state index in [9.17, 15) is 4.79 Å². The topological polar surface area (TPSA) is 36.1 Å². The predicted molar refractivity (Wildman–Crippen MR) is 120 cm³/mol. The summed E-state index contributed by atoms with van der Waals surface area (Å²) in [5.41, 5.74) is 5.89. The third-order valence-electron chi connectivity index (χ3n) is 6.29. The lowest BCUT2D eigenvalue weighted by Crippen LogP contribution is -2.41. The van der Waals surface area contributed by atoms with Crippen molar-refractivity contribution in [2.45, 2.75) is 43.0 Å². The molecule has 29 heavy (non-hydrogen) atoms. The number of aromatic nitrogens is 1. The number of nitrogens with one attached hydrogen (secondary N) is 1. The molecule has 2 aliphatic rings. The largest absolute Gasteiger partial charge is 0.356 e. The van der Waals surface area contributed by atoms with Crippen LogP contribution in [0.5, 0.6) is 0 Å². The lowest BCUT2D eigenvalue weighted by molar-refractivity contribution is -0.129. The third kappa shape index (κ3) is 3.29. The maximum absolute atomic E-state index is 13.5. The maximum atomic E-state index is 13.5. The minimum atomic E-state index is -0.0580. The van der Waals surface area contributed by atoms with Crippen LogP contribution in [0.2, 0.25) is 0 Å². The zero-order valence-corrected chi connectivity index (χ0v) is 17.6. The van der Waals surface area contributed by atoms with Gasteiger partial charge in [0.15, 0.2) is 0 Å². The number of thioether (sulfide) groups is 1. The first-order valence-corrected chi connectivity index (χ1v) is 11.7. The van der Waals surface area contributed by atoms with Gasteiger partial charge in [-0.05, 0) is 67.7 Å². The molecule has 0 saturated heterocycles. The van der Waals surface area contributed by atoms with Crippen molar-refractivity contribution in [3.63, 3.8) is 0 Å². The normalized spacial score (nSPS) is 19.1.